The third-order valence-corrected chi connectivity index (χ3v) is 3.05. The lowest BCUT2D eigenvalue weighted by Gasteiger charge is -2.08. The van der Waals surface area contributed by atoms with E-state index in [1.54, 1.807) is 43.3 Å². The van der Waals surface area contributed by atoms with Crippen molar-refractivity contribution in [2.24, 2.45) is 5.10 Å². The number of nitrogens with zero attached hydrogens (tertiary/aromatic N) is 1. The number of hydrogen-bond donors (Lipinski definition) is 2. The molecule has 0 aromatic heterocycles. The number of rotatable bonds is 7. The summed E-state index contributed by atoms with van der Waals surface area (Å²) in [5.74, 6) is -0.497. The number of para-hydroxylation sites is 1. The van der Waals surface area contributed by atoms with E-state index in [0.717, 1.165) is 0 Å². The summed E-state index contributed by atoms with van der Waals surface area (Å²) >= 11 is 0. The highest BCUT2D eigenvalue weighted by molar-refractivity contribution is 5.95. The van der Waals surface area contributed by atoms with Gasteiger partial charge in [-0.3, -0.25) is 4.79 Å². The molecule has 2 aromatic carbocycles. The van der Waals surface area contributed by atoms with E-state index in [2.05, 4.69) is 10.5 Å². The van der Waals surface area contributed by atoms with Crippen molar-refractivity contribution in [2.75, 3.05) is 13.2 Å². The van der Waals surface area contributed by atoms with Crippen molar-refractivity contribution in [1.29, 1.82) is 0 Å². The Morgan fingerprint density at radius 3 is 2.76 bits per heavy atom. The Balaban J connectivity index is 1.98. The van der Waals surface area contributed by atoms with Crippen molar-refractivity contribution < 1.29 is 24.2 Å². The normalized spacial score (nSPS) is 10.4. The van der Waals surface area contributed by atoms with Gasteiger partial charge in [0.1, 0.15) is 11.5 Å². The van der Waals surface area contributed by atoms with Crippen LogP contribution in [-0.4, -0.2) is 36.4 Å². The molecular weight excluding hydrogens is 324 g/mol. The first-order valence-corrected chi connectivity index (χ1v) is 7.60. The van der Waals surface area contributed by atoms with Crippen LogP contribution in [0.4, 0.5) is 0 Å². The monoisotopic (exact) mass is 342 g/mol. The zero-order chi connectivity index (χ0) is 18.1. The highest BCUT2D eigenvalue weighted by atomic mass is 16.6. The van der Waals surface area contributed by atoms with Gasteiger partial charge in [-0.25, -0.2) is 10.2 Å². The highest BCUT2D eigenvalue weighted by Crippen LogP contribution is 2.16. The van der Waals surface area contributed by atoms with Crippen molar-refractivity contribution in [3.05, 3.63) is 59.7 Å². The predicted octanol–water partition coefficient (Wildman–Crippen LogP) is 2.10. The zero-order valence-electron chi connectivity index (χ0n) is 13.6. The van der Waals surface area contributed by atoms with Crippen LogP contribution in [0.1, 0.15) is 22.8 Å². The number of carbonyl (C=O) groups is 2. The van der Waals surface area contributed by atoms with Gasteiger partial charge in [-0.1, -0.05) is 18.2 Å². The smallest absolute Gasteiger partial charge is 0.344 e. The summed E-state index contributed by atoms with van der Waals surface area (Å²) in [7, 11) is 0. The molecule has 0 aliphatic carbocycles. The van der Waals surface area contributed by atoms with Gasteiger partial charge in [-0.2, -0.15) is 5.10 Å². The maximum Gasteiger partial charge on any atom is 0.344 e. The molecular formula is C18H18N2O5. The lowest BCUT2D eigenvalue weighted by molar-refractivity contribution is -0.145. The minimum absolute atomic E-state index is 0.00524. The van der Waals surface area contributed by atoms with Crippen molar-refractivity contribution in [3.8, 4) is 11.5 Å². The Morgan fingerprint density at radius 1 is 1.20 bits per heavy atom. The third kappa shape index (κ3) is 5.65. The van der Waals surface area contributed by atoms with Gasteiger partial charge in [0.25, 0.3) is 5.91 Å². The fourth-order valence-electron chi connectivity index (χ4n) is 1.93. The zero-order valence-corrected chi connectivity index (χ0v) is 13.6. The molecule has 0 spiro atoms. The van der Waals surface area contributed by atoms with Crippen LogP contribution in [0.3, 0.4) is 0 Å². The number of hydrogen-bond acceptors (Lipinski definition) is 6. The van der Waals surface area contributed by atoms with Gasteiger partial charge >= 0.3 is 5.97 Å². The van der Waals surface area contributed by atoms with Crippen molar-refractivity contribution in [2.45, 2.75) is 6.92 Å². The van der Waals surface area contributed by atoms with E-state index in [1.807, 2.05) is 0 Å². The van der Waals surface area contributed by atoms with Crippen molar-refractivity contribution in [3.63, 3.8) is 0 Å². The van der Waals surface area contributed by atoms with E-state index in [9.17, 15) is 14.7 Å². The Morgan fingerprint density at radius 2 is 2.00 bits per heavy atom. The van der Waals surface area contributed by atoms with E-state index >= 15 is 0 Å². The first-order chi connectivity index (χ1) is 12.1. The van der Waals surface area contributed by atoms with Crippen molar-refractivity contribution >= 4 is 18.1 Å². The van der Waals surface area contributed by atoms with Crippen LogP contribution < -0.4 is 10.2 Å². The van der Waals surface area contributed by atoms with Gasteiger partial charge in [0.15, 0.2) is 6.61 Å². The number of ether oxygens (including phenoxy) is 2. The molecule has 0 unspecified atom stereocenters. The lowest BCUT2D eigenvalue weighted by Crippen LogP contribution is -2.18. The van der Waals surface area contributed by atoms with E-state index < -0.39 is 11.9 Å². The summed E-state index contributed by atoms with van der Waals surface area (Å²) in [5, 5.41) is 13.2. The van der Waals surface area contributed by atoms with E-state index in [4.69, 9.17) is 9.47 Å². The van der Waals surface area contributed by atoms with Crippen LogP contribution in [0.2, 0.25) is 0 Å². The van der Waals surface area contributed by atoms with Gasteiger partial charge in [0.05, 0.1) is 12.8 Å². The second kappa shape index (κ2) is 9.07. The topological polar surface area (TPSA) is 97.2 Å². The van der Waals surface area contributed by atoms with E-state index in [1.165, 1.54) is 18.3 Å². The second-order valence-corrected chi connectivity index (χ2v) is 4.88. The number of amides is 1. The van der Waals surface area contributed by atoms with Crippen LogP contribution in [0.15, 0.2) is 53.6 Å². The minimum atomic E-state index is -0.466. The first-order valence-electron chi connectivity index (χ1n) is 7.60. The number of aromatic hydroxyl groups is 1. The molecule has 7 heteroatoms. The average Bonchev–Trinajstić information content (AvgIpc) is 2.61. The summed E-state index contributed by atoms with van der Waals surface area (Å²) in [6.45, 7) is 1.79. The van der Waals surface area contributed by atoms with Crippen LogP contribution >= 0.6 is 0 Å². The number of phenolic OH excluding ortho intramolecular Hbond substituents is 1. The third-order valence-electron chi connectivity index (χ3n) is 3.05. The molecule has 0 radical (unpaired) electrons. The highest BCUT2D eigenvalue weighted by Gasteiger charge is 2.07. The molecule has 0 heterocycles. The molecule has 0 saturated heterocycles. The Labute approximate surface area is 144 Å². The van der Waals surface area contributed by atoms with Crippen molar-refractivity contribution in [1.82, 2.24) is 5.43 Å². The quantitative estimate of drug-likeness (QED) is 0.456. The number of benzene rings is 2. The van der Waals surface area contributed by atoms with Gasteiger partial charge in [-0.15, -0.1) is 0 Å². The molecule has 0 saturated carbocycles. The molecule has 0 aliphatic rings. The van der Waals surface area contributed by atoms with E-state index in [-0.39, 0.29) is 24.5 Å². The van der Waals surface area contributed by atoms with Crippen LogP contribution in [0, 0.1) is 0 Å². The lowest BCUT2D eigenvalue weighted by atomic mass is 10.2. The van der Waals surface area contributed by atoms with E-state index in [0.29, 0.717) is 11.3 Å². The summed E-state index contributed by atoms with van der Waals surface area (Å²) in [6, 6.07) is 12.9. The summed E-state index contributed by atoms with van der Waals surface area (Å²) < 4.78 is 10.2. The van der Waals surface area contributed by atoms with Gasteiger partial charge in [-0.05, 0) is 37.3 Å². The molecule has 0 bridgehead atoms. The SMILES string of the molecule is CCOC(=O)COc1ccccc1/C=N/NC(=O)c1cccc(O)c1. The number of phenols is 1. The molecule has 0 aliphatic heterocycles. The number of hydrazone groups is 1. The van der Waals surface area contributed by atoms with Gasteiger partial charge in [0.2, 0.25) is 0 Å². The van der Waals surface area contributed by atoms with Gasteiger partial charge in [0, 0.05) is 11.1 Å². The fourth-order valence-corrected chi connectivity index (χ4v) is 1.93. The summed E-state index contributed by atoms with van der Waals surface area (Å²) in [4.78, 5) is 23.3. The molecule has 130 valence electrons. The second-order valence-electron chi connectivity index (χ2n) is 4.88. The summed E-state index contributed by atoms with van der Waals surface area (Å²) in [6.07, 6.45) is 1.40. The molecule has 7 nitrogen and oxygen atoms in total. The maximum absolute atomic E-state index is 11.9. The van der Waals surface area contributed by atoms with Crippen LogP contribution in [0.25, 0.3) is 0 Å². The van der Waals surface area contributed by atoms with Crippen LogP contribution in [-0.2, 0) is 9.53 Å². The fraction of sp³-hybridized carbons (Fsp3) is 0.167. The number of nitrogens with one attached hydrogen (secondary N) is 1. The molecule has 0 atom stereocenters. The molecule has 1 amide bonds. The predicted molar refractivity (Wildman–Crippen MR) is 91.7 cm³/mol. The Hall–Kier alpha value is -3.35. The molecule has 2 aromatic rings. The molecule has 2 rings (SSSR count). The number of carbonyl (C=O) groups excluding carboxylic acids is 2. The molecule has 0 fully saturated rings. The molecule has 2 N–H and O–H groups in total. The van der Waals surface area contributed by atoms with Gasteiger partial charge < -0.3 is 14.6 Å². The molecule has 25 heavy (non-hydrogen) atoms. The minimum Gasteiger partial charge on any atom is -0.508 e. The first kappa shape index (κ1) is 18.0. The maximum atomic E-state index is 11.9. The largest absolute Gasteiger partial charge is 0.508 e. The van der Waals surface area contributed by atoms with Crippen LogP contribution in [0.5, 0.6) is 11.5 Å². The standard InChI is InChI=1S/C18H18N2O5/c1-2-24-17(22)12-25-16-9-4-3-6-14(16)11-19-20-18(23)13-7-5-8-15(21)10-13/h3-11,21H,2,12H2,1H3,(H,20,23)/b19-11+. The summed E-state index contributed by atoms with van der Waals surface area (Å²) in [5.41, 5.74) is 3.23. The number of esters is 1. The average molecular weight is 342 g/mol. The Kier molecular flexibility index (Phi) is 6.53. The Bertz CT molecular complexity index is 774.